The summed E-state index contributed by atoms with van der Waals surface area (Å²) in [5, 5.41) is 2.17. The molecule has 12 heteroatoms. The second-order valence-electron chi connectivity index (χ2n) is 7.55. The third kappa shape index (κ3) is 7.15. The lowest BCUT2D eigenvalue weighted by Gasteiger charge is -2.27. The number of rotatable bonds is 16. The first kappa shape index (κ1) is 26.4. The molecule has 0 aliphatic carbocycles. The molecule has 4 amide bonds. The monoisotopic (exact) mass is 492 g/mol. The fraction of sp³-hybridized carbons (Fsp3) is 0.522. The Morgan fingerprint density at radius 3 is 2.11 bits per heavy atom. The number of imide groups is 2. The van der Waals surface area contributed by atoms with E-state index >= 15 is 0 Å². The van der Waals surface area contributed by atoms with E-state index in [-0.39, 0.29) is 49.5 Å². The number of amides is 4. The topological polar surface area (TPSA) is 147 Å². The van der Waals surface area contributed by atoms with E-state index in [1.807, 2.05) is 0 Å². The largest absolute Gasteiger partial charge is 0.490 e. The molecule has 0 aromatic heterocycles. The van der Waals surface area contributed by atoms with Gasteiger partial charge in [-0.05, 0) is 18.6 Å². The van der Waals surface area contributed by atoms with E-state index in [4.69, 9.17) is 23.7 Å². The van der Waals surface area contributed by atoms with E-state index in [9.17, 15) is 24.0 Å². The summed E-state index contributed by atoms with van der Waals surface area (Å²) in [4.78, 5) is 60.3. The van der Waals surface area contributed by atoms with Crippen LogP contribution in [-0.2, 0) is 33.3 Å². The quantitative estimate of drug-likeness (QED) is 0.186. The van der Waals surface area contributed by atoms with Gasteiger partial charge in [0.1, 0.15) is 31.3 Å². The van der Waals surface area contributed by atoms with Crippen molar-refractivity contribution in [2.75, 3.05) is 59.5 Å². The first-order chi connectivity index (χ1) is 17.0. The Hall–Kier alpha value is -3.19. The average molecular weight is 492 g/mol. The summed E-state index contributed by atoms with van der Waals surface area (Å²) < 4.78 is 26.7. The number of hydrogen-bond donors (Lipinski definition) is 1. The van der Waals surface area contributed by atoms with Gasteiger partial charge in [-0.2, -0.15) is 0 Å². The van der Waals surface area contributed by atoms with Crippen LogP contribution < -0.4 is 10.1 Å². The molecular weight excluding hydrogens is 464 g/mol. The average Bonchev–Trinajstić information content (AvgIpc) is 3.10. The third-order valence-corrected chi connectivity index (χ3v) is 5.22. The summed E-state index contributed by atoms with van der Waals surface area (Å²) in [5.41, 5.74) is 0.256. The molecule has 1 aromatic rings. The highest BCUT2D eigenvalue weighted by molar-refractivity contribution is 6.24. The Kier molecular flexibility index (Phi) is 10.3. The molecular formula is C23H28N2O10. The maximum Gasteiger partial charge on any atom is 0.266 e. The molecule has 1 N–H and O–H groups in total. The van der Waals surface area contributed by atoms with E-state index in [0.717, 1.165) is 4.90 Å². The van der Waals surface area contributed by atoms with Crippen LogP contribution in [0.15, 0.2) is 18.2 Å². The van der Waals surface area contributed by atoms with Crippen molar-refractivity contribution in [3.8, 4) is 5.75 Å². The van der Waals surface area contributed by atoms with Crippen molar-refractivity contribution < 1.29 is 47.7 Å². The van der Waals surface area contributed by atoms with Crippen molar-refractivity contribution in [2.45, 2.75) is 18.9 Å². The Balaban J connectivity index is 1.36. The lowest BCUT2D eigenvalue weighted by atomic mass is 10.0. The van der Waals surface area contributed by atoms with Crippen molar-refractivity contribution in [1.29, 1.82) is 0 Å². The van der Waals surface area contributed by atoms with E-state index in [1.165, 1.54) is 6.07 Å². The van der Waals surface area contributed by atoms with Crippen LogP contribution in [0, 0.1) is 0 Å². The van der Waals surface area contributed by atoms with Crippen LogP contribution in [0.25, 0.3) is 0 Å². The zero-order valence-electron chi connectivity index (χ0n) is 19.2. The zero-order chi connectivity index (χ0) is 25.0. The molecule has 1 unspecified atom stereocenters. The Morgan fingerprint density at radius 2 is 1.49 bits per heavy atom. The number of nitrogens with one attached hydrogen (secondary N) is 1. The number of nitrogens with zero attached hydrogens (tertiary/aromatic N) is 1. The van der Waals surface area contributed by atoms with Crippen LogP contribution >= 0.6 is 0 Å². The number of piperidine rings is 1. The second-order valence-corrected chi connectivity index (χ2v) is 7.55. The molecule has 2 aliphatic heterocycles. The molecule has 12 nitrogen and oxygen atoms in total. The molecule has 190 valence electrons. The van der Waals surface area contributed by atoms with Crippen molar-refractivity contribution in [2.24, 2.45) is 0 Å². The fourth-order valence-electron chi connectivity index (χ4n) is 3.61. The molecule has 1 fully saturated rings. The van der Waals surface area contributed by atoms with Gasteiger partial charge in [0.25, 0.3) is 11.8 Å². The minimum atomic E-state index is -1.03. The molecule has 1 aromatic carbocycles. The Labute approximate surface area is 201 Å². The van der Waals surface area contributed by atoms with Gasteiger partial charge in [0.2, 0.25) is 11.8 Å². The number of hydrogen-bond acceptors (Lipinski definition) is 10. The third-order valence-electron chi connectivity index (χ3n) is 5.22. The van der Waals surface area contributed by atoms with Crippen LogP contribution in [0.4, 0.5) is 0 Å². The van der Waals surface area contributed by atoms with E-state index in [0.29, 0.717) is 45.9 Å². The molecule has 1 atom stereocenters. The normalized spacial score (nSPS) is 17.5. The number of benzene rings is 1. The minimum absolute atomic E-state index is 0.0543. The van der Waals surface area contributed by atoms with Crippen molar-refractivity contribution in [1.82, 2.24) is 10.2 Å². The SMILES string of the molecule is O=CCOCCOCCOCCOCCOc1cccc2c1C(=O)N(C1CCC(=O)NC1=O)C2=O. The Morgan fingerprint density at radius 1 is 0.857 bits per heavy atom. The van der Waals surface area contributed by atoms with Gasteiger partial charge in [-0.15, -0.1) is 0 Å². The number of carbonyl (C=O) groups is 5. The van der Waals surface area contributed by atoms with Gasteiger partial charge in [-0.25, -0.2) is 0 Å². The maximum absolute atomic E-state index is 13.0. The summed E-state index contributed by atoms with van der Waals surface area (Å²) in [6.07, 6.45) is 0.821. The fourth-order valence-corrected chi connectivity index (χ4v) is 3.61. The number of carbonyl (C=O) groups excluding carboxylic acids is 5. The van der Waals surface area contributed by atoms with Crippen LogP contribution in [0.5, 0.6) is 5.75 Å². The predicted molar refractivity (Wildman–Crippen MR) is 118 cm³/mol. The molecule has 0 spiro atoms. The first-order valence-electron chi connectivity index (χ1n) is 11.3. The number of ether oxygens (including phenoxy) is 5. The van der Waals surface area contributed by atoms with Gasteiger partial charge in [0.15, 0.2) is 0 Å². The van der Waals surface area contributed by atoms with Gasteiger partial charge in [-0.3, -0.25) is 29.4 Å². The summed E-state index contributed by atoms with van der Waals surface area (Å²) in [5.74, 6) is -2.07. The predicted octanol–water partition coefficient (Wildman–Crippen LogP) is -0.268. The highest BCUT2D eigenvalue weighted by atomic mass is 16.6. The lowest BCUT2D eigenvalue weighted by Crippen LogP contribution is -2.54. The van der Waals surface area contributed by atoms with Crippen LogP contribution in [0.1, 0.15) is 33.6 Å². The van der Waals surface area contributed by atoms with E-state index < -0.39 is 29.7 Å². The molecule has 0 bridgehead atoms. The second kappa shape index (κ2) is 13.6. The Bertz CT molecular complexity index is 935. The first-order valence-corrected chi connectivity index (χ1v) is 11.3. The summed E-state index contributed by atoms with van der Waals surface area (Å²) in [6, 6.07) is 3.64. The molecule has 2 aliphatic rings. The van der Waals surface area contributed by atoms with Crippen molar-refractivity contribution in [3.05, 3.63) is 29.3 Å². The van der Waals surface area contributed by atoms with Gasteiger partial charge < -0.3 is 28.5 Å². The molecule has 1 saturated heterocycles. The van der Waals surface area contributed by atoms with Gasteiger partial charge >= 0.3 is 0 Å². The minimum Gasteiger partial charge on any atom is -0.490 e. The summed E-state index contributed by atoms with van der Waals surface area (Å²) in [6.45, 7) is 2.65. The van der Waals surface area contributed by atoms with Crippen LogP contribution in [0.2, 0.25) is 0 Å². The molecule has 35 heavy (non-hydrogen) atoms. The van der Waals surface area contributed by atoms with E-state index in [2.05, 4.69) is 5.32 Å². The molecule has 3 rings (SSSR count). The van der Waals surface area contributed by atoms with Crippen molar-refractivity contribution >= 4 is 29.9 Å². The molecule has 0 saturated carbocycles. The number of fused-ring (bicyclic) bond motifs is 1. The van der Waals surface area contributed by atoms with Gasteiger partial charge in [0, 0.05) is 6.42 Å². The van der Waals surface area contributed by atoms with Crippen LogP contribution in [-0.4, -0.2) is 100 Å². The number of aldehydes is 1. The molecule has 2 heterocycles. The smallest absolute Gasteiger partial charge is 0.266 e. The highest BCUT2D eigenvalue weighted by Crippen LogP contribution is 2.33. The van der Waals surface area contributed by atoms with Gasteiger partial charge in [-0.1, -0.05) is 6.07 Å². The van der Waals surface area contributed by atoms with E-state index in [1.54, 1.807) is 12.1 Å². The van der Waals surface area contributed by atoms with Crippen molar-refractivity contribution in [3.63, 3.8) is 0 Å². The zero-order valence-corrected chi connectivity index (χ0v) is 19.2. The standard InChI is InChI=1S/C23H28N2O10/c26-6-7-31-8-9-32-10-11-33-12-13-34-14-15-35-18-3-1-2-16-20(18)23(30)25(22(16)29)17-4-5-19(27)24-21(17)28/h1-3,6,17H,4-5,7-15H2,(H,24,27,28). The molecule has 0 radical (unpaired) electrons. The summed E-state index contributed by atoms with van der Waals surface area (Å²) >= 11 is 0. The maximum atomic E-state index is 13.0. The van der Waals surface area contributed by atoms with Gasteiger partial charge in [0.05, 0.1) is 57.4 Å². The highest BCUT2D eigenvalue weighted by Gasteiger charge is 2.45. The van der Waals surface area contributed by atoms with Crippen LogP contribution in [0.3, 0.4) is 0 Å². The summed E-state index contributed by atoms with van der Waals surface area (Å²) in [7, 11) is 0. The lowest BCUT2D eigenvalue weighted by molar-refractivity contribution is -0.136.